The van der Waals surface area contributed by atoms with Crippen LogP contribution in [-0.4, -0.2) is 17.4 Å². The molecule has 0 radical (unpaired) electrons. The molecule has 16 heavy (non-hydrogen) atoms. The molecular formula is C9H6ClN3O3. The van der Waals surface area contributed by atoms with E-state index >= 15 is 0 Å². The van der Waals surface area contributed by atoms with Crippen LogP contribution in [0.15, 0.2) is 18.2 Å². The van der Waals surface area contributed by atoms with E-state index < -0.39 is 10.8 Å². The molecule has 0 bridgehead atoms. The lowest BCUT2D eigenvalue weighted by atomic mass is 10.1. The van der Waals surface area contributed by atoms with E-state index in [-0.39, 0.29) is 22.8 Å². The van der Waals surface area contributed by atoms with E-state index in [1.54, 1.807) is 6.07 Å². The van der Waals surface area contributed by atoms with Gasteiger partial charge >= 0.3 is 0 Å². The monoisotopic (exact) mass is 239 g/mol. The Morgan fingerprint density at radius 2 is 2.31 bits per heavy atom. The van der Waals surface area contributed by atoms with E-state index in [4.69, 9.17) is 16.9 Å². The smallest absolute Gasteiger partial charge is 0.282 e. The number of hydrogen-bond donors (Lipinski definition) is 1. The van der Waals surface area contributed by atoms with Crippen LogP contribution in [0.4, 0.5) is 5.69 Å². The van der Waals surface area contributed by atoms with Crippen molar-refractivity contribution in [1.82, 2.24) is 5.32 Å². The largest absolute Gasteiger partial charge is 0.339 e. The van der Waals surface area contributed by atoms with E-state index in [0.29, 0.717) is 0 Å². The van der Waals surface area contributed by atoms with Gasteiger partial charge in [0, 0.05) is 11.1 Å². The number of nitrogens with zero attached hydrogens (tertiary/aromatic N) is 2. The van der Waals surface area contributed by atoms with Gasteiger partial charge in [0.05, 0.1) is 11.0 Å². The molecule has 1 rings (SSSR count). The molecule has 0 aliphatic rings. The summed E-state index contributed by atoms with van der Waals surface area (Å²) in [5.74, 6) is -0.698. The summed E-state index contributed by atoms with van der Waals surface area (Å²) in [6.45, 7) is -0.220. The fraction of sp³-hybridized carbons (Fsp3) is 0.111. The Bertz CT molecular complexity index is 481. The molecule has 0 aliphatic carbocycles. The Balaban J connectivity index is 3.10. The van der Waals surface area contributed by atoms with Crippen LogP contribution < -0.4 is 5.32 Å². The van der Waals surface area contributed by atoms with Gasteiger partial charge < -0.3 is 5.32 Å². The standard InChI is InChI=1S/C9H6ClN3O3/c10-6-1-2-8(13(15)16)7(5-6)9(14)12-4-3-11/h1-2,5H,4H2,(H,12,14). The molecule has 0 fully saturated rings. The van der Waals surface area contributed by atoms with E-state index in [1.807, 2.05) is 0 Å². The molecule has 0 saturated carbocycles. The van der Waals surface area contributed by atoms with Gasteiger partial charge in [0.1, 0.15) is 12.1 Å². The van der Waals surface area contributed by atoms with Crippen LogP contribution in [0.5, 0.6) is 0 Å². The van der Waals surface area contributed by atoms with Crippen molar-refractivity contribution in [3.05, 3.63) is 38.9 Å². The predicted octanol–water partition coefficient (Wildman–Crippen LogP) is 1.50. The van der Waals surface area contributed by atoms with Crippen LogP contribution in [0.3, 0.4) is 0 Å². The van der Waals surface area contributed by atoms with Gasteiger partial charge in [0.15, 0.2) is 0 Å². The van der Waals surface area contributed by atoms with E-state index in [1.165, 1.54) is 12.1 Å². The van der Waals surface area contributed by atoms with Crippen molar-refractivity contribution in [2.45, 2.75) is 0 Å². The minimum atomic E-state index is -0.698. The van der Waals surface area contributed by atoms with Crippen molar-refractivity contribution >= 4 is 23.2 Å². The highest BCUT2D eigenvalue weighted by Crippen LogP contribution is 2.22. The normalized spacial score (nSPS) is 9.25. The highest BCUT2D eigenvalue weighted by Gasteiger charge is 2.19. The Labute approximate surface area is 95.6 Å². The van der Waals surface area contributed by atoms with E-state index in [0.717, 1.165) is 6.07 Å². The summed E-state index contributed by atoms with van der Waals surface area (Å²) in [6.07, 6.45) is 0. The number of nitro benzene ring substituents is 1. The molecule has 1 aromatic rings. The lowest BCUT2D eigenvalue weighted by Crippen LogP contribution is -2.24. The van der Waals surface area contributed by atoms with Gasteiger partial charge in [-0.1, -0.05) is 11.6 Å². The molecule has 0 aliphatic heterocycles. The van der Waals surface area contributed by atoms with Gasteiger partial charge in [-0.2, -0.15) is 5.26 Å². The predicted molar refractivity (Wildman–Crippen MR) is 56.1 cm³/mol. The SMILES string of the molecule is N#CCNC(=O)c1cc(Cl)ccc1[N+](=O)[O-]. The first-order valence-electron chi connectivity index (χ1n) is 4.15. The fourth-order valence-electron chi connectivity index (χ4n) is 1.06. The number of nitro groups is 1. The Morgan fingerprint density at radius 1 is 1.62 bits per heavy atom. The van der Waals surface area contributed by atoms with Crippen LogP contribution in [0.2, 0.25) is 5.02 Å². The number of carbonyl (C=O) groups is 1. The van der Waals surface area contributed by atoms with Crippen LogP contribution in [0, 0.1) is 21.4 Å². The number of amides is 1. The molecule has 0 atom stereocenters. The Morgan fingerprint density at radius 3 is 2.88 bits per heavy atom. The first-order chi connectivity index (χ1) is 7.56. The maximum absolute atomic E-state index is 11.5. The number of hydrogen-bond acceptors (Lipinski definition) is 4. The second kappa shape index (κ2) is 5.09. The van der Waals surface area contributed by atoms with Crippen molar-refractivity contribution in [3.8, 4) is 6.07 Å². The highest BCUT2D eigenvalue weighted by molar-refractivity contribution is 6.31. The maximum atomic E-state index is 11.5. The van der Waals surface area contributed by atoms with Crippen molar-refractivity contribution in [3.63, 3.8) is 0 Å². The van der Waals surface area contributed by atoms with Crippen molar-refractivity contribution in [1.29, 1.82) is 5.26 Å². The number of nitriles is 1. The van der Waals surface area contributed by atoms with Crippen LogP contribution >= 0.6 is 11.6 Å². The van der Waals surface area contributed by atoms with Gasteiger partial charge in [-0.25, -0.2) is 0 Å². The van der Waals surface area contributed by atoms with Gasteiger partial charge in [0.2, 0.25) is 0 Å². The summed E-state index contributed by atoms with van der Waals surface area (Å²) in [7, 11) is 0. The lowest BCUT2D eigenvalue weighted by molar-refractivity contribution is -0.385. The first-order valence-corrected chi connectivity index (χ1v) is 4.53. The molecule has 1 aromatic carbocycles. The lowest BCUT2D eigenvalue weighted by Gasteiger charge is -2.02. The van der Waals surface area contributed by atoms with Crippen molar-refractivity contribution < 1.29 is 9.72 Å². The number of benzene rings is 1. The minimum absolute atomic E-state index is 0.159. The zero-order valence-corrected chi connectivity index (χ0v) is 8.69. The third kappa shape index (κ3) is 2.68. The van der Waals surface area contributed by atoms with E-state index in [2.05, 4.69) is 5.32 Å². The first kappa shape index (κ1) is 11.9. The summed E-state index contributed by atoms with van der Waals surface area (Å²) in [4.78, 5) is 21.4. The molecular weight excluding hydrogens is 234 g/mol. The topological polar surface area (TPSA) is 96.0 Å². The van der Waals surface area contributed by atoms with Gasteiger partial charge in [0.25, 0.3) is 11.6 Å². The quantitative estimate of drug-likeness (QED) is 0.491. The van der Waals surface area contributed by atoms with Gasteiger partial charge in [-0.05, 0) is 12.1 Å². The zero-order chi connectivity index (χ0) is 12.1. The van der Waals surface area contributed by atoms with E-state index in [9.17, 15) is 14.9 Å². The average molecular weight is 240 g/mol. The molecule has 0 spiro atoms. The van der Waals surface area contributed by atoms with Crippen LogP contribution in [-0.2, 0) is 0 Å². The second-order valence-electron chi connectivity index (χ2n) is 2.76. The molecule has 0 aromatic heterocycles. The molecule has 0 heterocycles. The molecule has 7 heteroatoms. The van der Waals surface area contributed by atoms with Crippen molar-refractivity contribution in [2.24, 2.45) is 0 Å². The molecule has 6 nitrogen and oxygen atoms in total. The maximum Gasteiger partial charge on any atom is 0.282 e. The Hall–Kier alpha value is -2.13. The summed E-state index contributed by atoms with van der Waals surface area (Å²) >= 11 is 5.63. The molecule has 0 saturated heterocycles. The molecule has 1 N–H and O–H groups in total. The number of halogens is 1. The third-order valence-electron chi connectivity index (χ3n) is 1.73. The summed E-state index contributed by atoms with van der Waals surface area (Å²) in [6, 6.07) is 5.35. The number of rotatable bonds is 3. The Kier molecular flexibility index (Phi) is 3.80. The average Bonchev–Trinajstić information content (AvgIpc) is 2.25. The van der Waals surface area contributed by atoms with Gasteiger partial charge in [-0.3, -0.25) is 14.9 Å². The molecule has 82 valence electrons. The zero-order valence-electron chi connectivity index (χ0n) is 7.94. The van der Waals surface area contributed by atoms with Gasteiger partial charge in [-0.15, -0.1) is 0 Å². The third-order valence-corrected chi connectivity index (χ3v) is 1.96. The summed E-state index contributed by atoms with van der Waals surface area (Å²) < 4.78 is 0. The van der Waals surface area contributed by atoms with Crippen LogP contribution in [0.25, 0.3) is 0 Å². The molecule has 1 amide bonds. The summed E-state index contributed by atoms with van der Waals surface area (Å²) in [5.41, 5.74) is -0.507. The number of nitrogens with one attached hydrogen (secondary N) is 1. The second-order valence-corrected chi connectivity index (χ2v) is 3.20. The highest BCUT2D eigenvalue weighted by atomic mass is 35.5. The summed E-state index contributed by atoms with van der Waals surface area (Å²) in [5, 5.41) is 21.3. The number of carbonyl (C=O) groups excluding carboxylic acids is 1. The van der Waals surface area contributed by atoms with Crippen LogP contribution in [0.1, 0.15) is 10.4 Å². The minimum Gasteiger partial charge on any atom is -0.339 e. The fourth-order valence-corrected chi connectivity index (χ4v) is 1.24. The molecule has 0 unspecified atom stereocenters. The van der Waals surface area contributed by atoms with Crippen molar-refractivity contribution in [2.75, 3.05) is 6.54 Å².